The predicted octanol–water partition coefficient (Wildman–Crippen LogP) is 2.50. The van der Waals surface area contributed by atoms with Crippen molar-refractivity contribution in [2.45, 2.75) is 32.3 Å². The number of esters is 1. The highest BCUT2D eigenvalue weighted by molar-refractivity contribution is 7.09. The minimum atomic E-state index is -0.437. The zero-order valence-electron chi connectivity index (χ0n) is 11.1. The average molecular weight is 293 g/mol. The first kappa shape index (κ1) is 13.1. The Labute approximate surface area is 120 Å². The van der Waals surface area contributed by atoms with Crippen LogP contribution >= 0.6 is 11.3 Å². The maximum absolute atomic E-state index is 11.7. The molecule has 1 fully saturated rings. The van der Waals surface area contributed by atoms with Gasteiger partial charge in [-0.1, -0.05) is 0 Å². The number of H-pyrrole nitrogens is 1. The molecule has 0 bridgehead atoms. The third kappa shape index (κ3) is 2.82. The second-order valence-corrected chi connectivity index (χ2v) is 5.46. The number of aromatic amines is 1. The first-order valence-electron chi connectivity index (χ1n) is 6.55. The molecule has 0 amide bonds. The molecule has 0 aliphatic heterocycles. The fourth-order valence-corrected chi connectivity index (χ4v) is 2.77. The molecule has 106 valence electrons. The molecule has 0 saturated heterocycles. The summed E-state index contributed by atoms with van der Waals surface area (Å²) in [4.78, 5) is 16.2. The molecule has 20 heavy (non-hydrogen) atoms. The Morgan fingerprint density at radius 2 is 2.40 bits per heavy atom. The van der Waals surface area contributed by atoms with Crippen molar-refractivity contribution in [1.29, 1.82) is 0 Å². The van der Waals surface area contributed by atoms with Crippen molar-refractivity contribution in [3.05, 3.63) is 27.8 Å². The first-order valence-corrected chi connectivity index (χ1v) is 7.43. The number of ether oxygens (including phenoxy) is 2. The maximum Gasteiger partial charge on any atom is 0.345 e. The van der Waals surface area contributed by atoms with Crippen LogP contribution in [0.15, 0.2) is 11.6 Å². The molecule has 1 aliphatic rings. The molecule has 1 N–H and O–H groups in total. The van der Waals surface area contributed by atoms with E-state index in [0.29, 0.717) is 30.6 Å². The molecular formula is C13H15N3O3S. The molecule has 0 spiro atoms. The van der Waals surface area contributed by atoms with Gasteiger partial charge in [-0.3, -0.25) is 0 Å². The number of nitrogens with zero attached hydrogens (tertiary/aromatic N) is 2. The quantitative estimate of drug-likeness (QED) is 0.828. The van der Waals surface area contributed by atoms with E-state index in [2.05, 4.69) is 15.2 Å². The molecule has 6 nitrogen and oxygen atoms in total. The Morgan fingerprint density at radius 1 is 1.55 bits per heavy atom. The molecule has 1 saturated carbocycles. The van der Waals surface area contributed by atoms with Gasteiger partial charge in [-0.15, -0.1) is 11.3 Å². The lowest BCUT2D eigenvalue weighted by molar-refractivity contribution is 0.0521. The smallest absolute Gasteiger partial charge is 0.345 e. The summed E-state index contributed by atoms with van der Waals surface area (Å²) < 4.78 is 10.5. The van der Waals surface area contributed by atoms with Crippen LogP contribution in [0.5, 0.6) is 5.88 Å². The number of carbonyl (C=O) groups is 1. The summed E-state index contributed by atoms with van der Waals surface area (Å²) in [7, 11) is 0. The van der Waals surface area contributed by atoms with Crippen LogP contribution in [0, 0.1) is 0 Å². The summed E-state index contributed by atoms with van der Waals surface area (Å²) in [5.41, 5.74) is 1.19. The molecule has 0 unspecified atom stereocenters. The number of aromatic nitrogens is 3. The monoisotopic (exact) mass is 293 g/mol. The van der Waals surface area contributed by atoms with Gasteiger partial charge in [-0.25, -0.2) is 14.9 Å². The SMILES string of the molecule is CCOC(=O)c1cn[nH]c1OCc1csc(C2CC2)n1. The summed E-state index contributed by atoms with van der Waals surface area (Å²) in [6, 6.07) is 0. The number of hydrogen-bond donors (Lipinski definition) is 1. The van der Waals surface area contributed by atoms with Crippen molar-refractivity contribution < 1.29 is 14.3 Å². The van der Waals surface area contributed by atoms with Gasteiger partial charge in [0.15, 0.2) is 0 Å². The van der Waals surface area contributed by atoms with E-state index in [4.69, 9.17) is 9.47 Å². The molecule has 2 aromatic heterocycles. The third-order valence-electron chi connectivity index (χ3n) is 2.96. The Bertz CT molecular complexity index is 604. The summed E-state index contributed by atoms with van der Waals surface area (Å²) in [6.45, 7) is 2.39. The highest BCUT2D eigenvalue weighted by atomic mass is 32.1. The van der Waals surface area contributed by atoms with E-state index in [1.165, 1.54) is 24.0 Å². The number of rotatable bonds is 6. The number of carbonyl (C=O) groups excluding carboxylic acids is 1. The number of thiazole rings is 1. The lowest BCUT2D eigenvalue weighted by Gasteiger charge is -2.04. The van der Waals surface area contributed by atoms with Gasteiger partial charge in [0.1, 0.15) is 12.2 Å². The lowest BCUT2D eigenvalue weighted by Crippen LogP contribution is -2.06. The van der Waals surface area contributed by atoms with E-state index < -0.39 is 5.97 Å². The second kappa shape index (κ2) is 5.62. The third-order valence-corrected chi connectivity index (χ3v) is 4.02. The van der Waals surface area contributed by atoms with Gasteiger partial charge in [0.2, 0.25) is 5.88 Å². The summed E-state index contributed by atoms with van der Waals surface area (Å²) in [5.74, 6) is 0.536. The Kier molecular flexibility index (Phi) is 3.68. The van der Waals surface area contributed by atoms with Gasteiger partial charge in [0.05, 0.1) is 23.5 Å². The summed E-state index contributed by atoms with van der Waals surface area (Å²) >= 11 is 1.67. The molecule has 2 heterocycles. The summed E-state index contributed by atoms with van der Waals surface area (Å²) in [6.07, 6.45) is 3.88. The van der Waals surface area contributed by atoms with Crippen LogP contribution in [0.4, 0.5) is 0 Å². The van der Waals surface area contributed by atoms with Crippen molar-refractivity contribution in [3.63, 3.8) is 0 Å². The minimum Gasteiger partial charge on any atom is -0.471 e. The first-order chi connectivity index (χ1) is 9.78. The molecule has 3 rings (SSSR count). The largest absolute Gasteiger partial charge is 0.471 e. The fourth-order valence-electron chi connectivity index (χ4n) is 1.79. The van der Waals surface area contributed by atoms with Crippen LogP contribution in [0.3, 0.4) is 0 Å². The predicted molar refractivity (Wildman–Crippen MR) is 73.0 cm³/mol. The summed E-state index contributed by atoms with van der Waals surface area (Å²) in [5, 5.41) is 9.65. The number of hydrogen-bond acceptors (Lipinski definition) is 6. The Hall–Kier alpha value is -1.89. The van der Waals surface area contributed by atoms with Gasteiger partial charge in [0, 0.05) is 11.3 Å². The van der Waals surface area contributed by atoms with Gasteiger partial charge in [-0.2, -0.15) is 5.10 Å². The van der Waals surface area contributed by atoms with Crippen molar-refractivity contribution >= 4 is 17.3 Å². The van der Waals surface area contributed by atoms with Crippen molar-refractivity contribution in [3.8, 4) is 5.88 Å². The molecule has 2 aromatic rings. The fraction of sp³-hybridized carbons (Fsp3) is 0.462. The molecular weight excluding hydrogens is 278 g/mol. The Balaban J connectivity index is 1.62. The zero-order valence-corrected chi connectivity index (χ0v) is 11.9. The molecule has 0 aromatic carbocycles. The normalized spacial score (nSPS) is 14.2. The molecule has 1 aliphatic carbocycles. The minimum absolute atomic E-state index is 0.310. The second-order valence-electron chi connectivity index (χ2n) is 4.57. The highest BCUT2D eigenvalue weighted by Gasteiger charge is 2.26. The van der Waals surface area contributed by atoms with Crippen LogP contribution in [0.1, 0.15) is 46.7 Å². The van der Waals surface area contributed by atoms with E-state index in [1.54, 1.807) is 18.3 Å². The van der Waals surface area contributed by atoms with E-state index in [1.807, 2.05) is 5.38 Å². The van der Waals surface area contributed by atoms with E-state index in [9.17, 15) is 4.79 Å². The van der Waals surface area contributed by atoms with Crippen LogP contribution < -0.4 is 4.74 Å². The topological polar surface area (TPSA) is 77.1 Å². The maximum atomic E-state index is 11.7. The lowest BCUT2D eigenvalue weighted by atomic mass is 10.3. The van der Waals surface area contributed by atoms with E-state index in [-0.39, 0.29) is 0 Å². The van der Waals surface area contributed by atoms with Crippen molar-refractivity contribution in [2.24, 2.45) is 0 Å². The van der Waals surface area contributed by atoms with Crippen molar-refractivity contribution in [2.75, 3.05) is 6.61 Å². The van der Waals surface area contributed by atoms with Crippen LogP contribution in [0.25, 0.3) is 0 Å². The van der Waals surface area contributed by atoms with Gasteiger partial charge in [-0.05, 0) is 19.8 Å². The Morgan fingerprint density at radius 3 is 3.15 bits per heavy atom. The van der Waals surface area contributed by atoms with Gasteiger partial charge >= 0.3 is 5.97 Å². The van der Waals surface area contributed by atoms with Crippen molar-refractivity contribution in [1.82, 2.24) is 15.2 Å². The average Bonchev–Trinajstić information content (AvgIpc) is 3.01. The van der Waals surface area contributed by atoms with Gasteiger partial charge < -0.3 is 9.47 Å². The molecule has 0 atom stereocenters. The molecule has 7 heteroatoms. The van der Waals surface area contributed by atoms with Crippen LogP contribution in [-0.2, 0) is 11.3 Å². The number of nitrogens with one attached hydrogen (secondary N) is 1. The van der Waals surface area contributed by atoms with E-state index in [0.717, 1.165) is 5.69 Å². The van der Waals surface area contributed by atoms with Gasteiger partial charge in [0.25, 0.3) is 0 Å². The van der Waals surface area contributed by atoms with Crippen LogP contribution in [0.2, 0.25) is 0 Å². The molecule has 0 radical (unpaired) electrons. The highest BCUT2D eigenvalue weighted by Crippen LogP contribution is 2.41. The standard InChI is InChI=1S/C13H15N3O3S/c1-2-18-13(17)10-5-14-16-11(10)19-6-9-7-20-12(15-9)8-3-4-8/h5,7-8H,2-4,6H2,1H3,(H,14,16). The zero-order chi connectivity index (χ0) is 13.9. The van der Waals surface area contributed by atoms with E-state index >= 15 is 0 Å². The van der Waals surface area contributed by atoms with Crippen LogP contribution in [-0.4, -0.2) is 27.8 Å².